The first-order valence-electron chi connectivity index (χ1n) is 21.1. The van der Waals surface area contributed by atoms with E-state index >= 15 is 0 Å². The van der Waals surface area contributed by atoms with Crippen LogP contribution in [-0.4, -0.2) is 111 Å². The second-order valence-electron chi connectivity index (χ2n) is 17.9. The van der Waals surface area contributed by atoms with Crippen molar-refractivity contribution in [2.45, 2.75) is 154 Å². The molecule has 2 aromatic carbocycles. The maximum Gasteiger partial charge on any atom is 0.262 e. The van der Waals surface area contributed by atoms with Crippen LogP contribution in [0.5, 0.6) is 0 Å². The normalized spacial score (nSPS) is 39.9. The second-order valence-corrected chi connectivity index (χ2v) is 23.6. The third-order valence-electron chi connectivity index (χ3n) is 12.9. The smallest absolute Gasteiger partial charge is 0.262 e. The first kappa shape index (κ1) is 42.6. The molecule has 13 heteroatoms. The van der Waals surface area contributed by atoms with Crippen LogP contribution in [0, 0.1) is 23.7 Å². The number of carbonyl (C=O) groups excluding carboxylic acids is 2. The molecule has 314 valence electrons. The number of rotatable bonds is 12. The Bertz CT molecular complexity index is 1650. The van der Waals surface area contributed by atoms with Crippen molar-refractivity contribution in [2.75, 3.05) is 13.2 Å². The van der Waals surface area contributed by atoms with E-state index in [1.807, 2.05) is 37.3 Å². The largest absolute Gasteiger partial charge is 0.388 e. The molecule has 57 heavy (non-hydrogen) atoms. The lowest BCUT2D eigenvalue weighted by Gasteiger charge is -2.52. The molecular weight excluding hydrogens is 747 g/mol. The summed E-state index contributed by atoms with van der Waals surface area (Å²) in [5.74, 6) is -1.26. The van der Waals surface area contributed by atoms with Crippen molar-refractivity contribution in [3.63, 3.8) is 0 Å². The number of amides is 2. The summed E-state index contributed by atoms with van der Waals surface area (Å²) in [4.78, 5) is 29.2. The number of carbonyl (C=O) groups is 2. The summed E-state index contributed by atoms with van der Waals surface area (Å²) < 4.78 is 52.8. The minimum Gasteiger partial charge on any atom is -0.388 e. The molecule has 5 aliphatic heterocycles. The number of fused-ring (bicyclic) bond motifs is 2. The van der Waals surface area contributed by atoms with Gasteiger partial charge in [0.25, 0.3) is 11.8 Å². The van der Waals surface area contributed by atoms with Crippen molar-refractivity contribution in [2.24, 2.45) is 23.7 Å². The van der Waals surface area contributed by atoms with E-state index in [2.05, 4.69) is 54.3 Å². The number of imide groups is 1. The quantitative estimate of drug-likeness (QED) is 0.180. The third kappa shape index (κ3) is 8.57. The van der Waals surface area contributed by atoms with Crippen LogP contribution in [0.1, 0.15) is 87.0 Å². The van der Waals surface area contributed by atoms with Gasteiger partial charge in [0.1, 0.15) is 24.4 Å². The topological polar surface area (TPSA) is 131 Å². The fourth-order valence-corrected chi connectivity index (χ4v) is 9.87. The molecule has 0 radical (unpaired) electrons. The zero-order valence-corrected chi connectivity index (χ0v) is 35.9. The molecule has 0 spiro atoms. The lowest BCUT2D eigenvalue weighted by Crippen LogP contribution is -2.68. The molecule has 12 nitrogen and oxygen atoms in total. The summed E-state index contributed by atoms with van der Waals surface area (Å²) in [6.45, 7) is 20.5. The van der Waals surface area contributed by atoms with E-state index in [4.69, 9.17) is 37.9 Å². The van der Waals surface area contributed by atoms with Gasteiger partial charge in [-0.2, -0.15) is 0 Å². The molecule has 7 rings (SSSR count). The SMILES string of the molecule is CCC1OC(O[C@@H]2C(CC)O[C@@H](OCC[Si](C)(C)C)C(C)C2C)C(C)C(O[C@@H]2OC3COC(c4ccccc4)O[C@H]3C(O)C2N2C(=O)c3ccccc3C2=O)[C@H]1C. The van der Waals surface area contributed by atoms with Crippen LogP contribution in [0.2, 0.25) is 25.7 Å². The van der Waals surface area contributed by atoms with Gasteiger partial charge >= 0.3 is 0 Å². The summed E-state index contributed by atoms with van der Waals surface area (Å²) >= 11 is 0. The molecule has 0 saturated carbocycles. The van der Waals surface area contributed by atoms with Gasteiger partial charge in [0.15, 0.2) is 25.2 Å². The number of benzene rings is 2. The molecule has 16 atom stereocenters. The molecule has 2 aromatic rings. The van der Waals surface area contributed by atoms with Gasteiger partial charge in [-0.25, -0.2) is 0 Å². The van der Waals surface area contributed by atoms with Gasteiger partial charge < -0.3 is 43.0 Å². The predicted octanol–water partition coefficient (Wildman–Crippen LogP) is 6.79. The number of aliphatic hydroxyl groups is 1. The van der Waals surface area contributed by atoms with Gasteiger partial charge in [0, 0.05) is 38.0 Å². The molecule has 1 N–H and O–H groups in total. The summed E-state index contributed by atoms with van der Waals surface area (Å²) in [6.07, 6.45) is -5.64. The fraction of sp³-hybridized carbons (Fsp3) is 0.682. The average Bonchev–Trinajstić information content (AvgIpc) is 3.45. The highest BCUT2D eigenvalue weighted by Crippen LogP contribution is 2.43. The molecular formula is C44H63NO11Si. The van der Waals surface area contributed by atoms with E-state index in [0.717, 1.165) is 22.9 Å². The van der Waals surface area contributed by atoms with Crippen LogP contribution in [0.25, 0.3) is 0 Å². The third-order valence-corrected chi connectivity index (χ3v) is 14.6. The van der Waals surface area contributed by atoms with Crippen LogP contribution in [-0.2, 0) is 37.9 Å². The van der Waals surface area contributed by atoms with Gasteiger partial charge in [0.05, 0.1) is 42.1 Å². The van der Waals surface area contributed by atoms with Crippen molar-refractivity contribution >= 4 is 19.9 Å². The molecule has 4 saturated heterocycles. The minimum atomic E-state index is -1.35. The maximum atomic E-state index is 14.0. The van der Waals surface area contributed by atoms with Gasteiger partial charge in [-0.15, -0.1) is 0 Å². The monoisotopic (exact) mass is 809 g/mol. The number of ether oxygens (including phenoxy) is 8. The fourth-order valence-electron chi connectivity index (χ4n) is 9.14. The van der Waals surface area contributed by atoms with E-state index in [1.54, 1.807) is 24.3 Å². The van der Waals surface area contributed by atoms with Gasteiger partial charge in [-0.05, 0) is 36.9 Å². The Morgan fingerprint density at radius 1 is 0.719 bits per heavy atom. The molecule has 5 heterocycles. The summed E-state index contributed by atoms with van der Waals surface area (Å²) in [6, 6.07) is 16.0. The van der Waals surface area contributed by atoms with E-state index in [0.29, 0.717) is 13.0 Å². The summed E-state index contributed by atoms with van der Waals surface area (Å²) in [7, 11) is -1.26. The first-order valence-corrected chi connectivity index (χ1v) is 24.8. The number of hydrogen-bond donors (Lipinski definition) is 1. The van der Waals surface area contributed by atoms with Crippen molar-refractivity contribution < 1.29 is 52.6 Å². The Morgan fingerprint density at radius 3 is 1.96 bits per heavy atom. The number of aliphatic hydroxyl groups excluding tert-OH is 1. The molecule has 4 fully saturated rings. The van der Waals surface area contributed by atoms with E-state index in [1.165, 1.54) is 0 Å². The number of nitrogens with zero attached hydrogens (tertiary/aromatic N) is 1. The Morgan fingerprint density at radius 2 is 1.33 bits per heavy atom. The van der Waals surface area contributed by atoms with Crippen LogP contribution in [0.4, 0.5) is 0 Å². The number of hydrogen-bond acceptors (Lipinski definition) is 11. The highest BCUT2D eigenvalue weighted by atomic mass is 28.3. The lowest BCUT2D eigenvalue weighted by atomic mass is 9.82. The van der Waals surface area contributed by atoms with E-state index < -0.39 is 69.2 Å². The lowest BCUT2D eigenvalue weighted by molar-refractivity contribution is -0.373. The highest BCUT2D eigenvalue weighted by Gasteiger charge is 2.58. The van der Waals surface area contributed by atoms with Gasteiger partial charge in [-0.1, -0.05) is 104 Å². The Labute approximate surface area is 338 Å². The van der Waals surface area contributed by atoms with Gasteiger partial charge in [0.2, 0.25) is 0 Å². The molecule has 2 amide bonds. The summed E-state index contributed by atoms with van der Waals surface area (Å²) in [5.41, 5.74) is 1.32. The van der Waals surface area contributed by atoms with Gasteiger partial charge in [-0.3, -0.25) is 14.5 Å². The minimum absolute atomic E-state index is 0.0955. The molecule has 0 aromatic heterocycles. The van der Waals surface area contributed by atoms with Crippen molar-refractivity contribution in [3.8, 4) is 0 Å². The van der Waals surface area contributed by atoms with Crippen molar-refractivity contribution in [1.29, 1.82) is 0 Å². The maximum absolute atomic E-state index is 14.0. The van der Waals surface area contributed by atoms with Crippen molar-refractivity contribution in [1.82, 2.24) is 4.90 Å². The molecule has 5 aliphatic rings. The van der Waals surface area contributed by atoms with Crippen LogP contribution < -0.4 is 0 Å². The highest BCUT2D eigenvalue weighted by molar-refractivity contribution is 6.76. The molecule has 0 aliphatic carbocycles. The second kappa shape index (κ2) is 17.6. The molecule has 11 unspecified atom stereocenters. The van der Waals surface area contributed by atoms with Crippen molar-refractivity contribution in [3.05, 3.63) is 71.3 Å². The zero-order valence-electron chi connectivity index (χ0n) is 34.9. The van der Waals surface area contributed by atoms with E-state index in [9.17, 15) is 14.7 Å². The van der Waals surface area contributed by atoms with Crippen LogP contribution in [0.3, 0.4) is 0 Å². The van der Waals surface area contributed by atoms with E-state index in [-0.39, 0.29) is 66.0 Å². The van der Waals surface area contributed by atoms with Crippen LogP contribution >= 0.6 is 0 Å². The first-order chi connectivity index (χ1) is 27.2. The molecule has 0 bridgehead atoms. The Balaban J connectivity index is 1.13. The van der Waals surface area contributed by atoms with Crippen LogP contribution in [0.15, 0.2) is 54.6 Å². The predicted molar refractivity (Wildman–Crippen MR) is 214 cm³/mol. The average molecular weight is 810 g/mol. The zero-order chi connectivity index (χ0) is 40.8. The Hall–Kier alpha value is -2.56. The summed E-state index contributed by atoms with van der Waals surface area (Å²) in [5, 5.41) is 12.3. The Kier molecular flexibility index (Phi) is 13.1. The standard InChI is InChI=1S/C44H63NO11Si/c1-10-31-26(5)36(27(6)42(51-31)55-37-24(3)25(4)41(52-32(37)11-2)49-21-22-57(7,8)9)54-44-34(45-39(47)29-19-15-16-20-30(29)40(45)48)35(46)38-33(53-44)23-50-43(56-38)28-17-13-12-14-18-28/h12-20,24-27,31-38,41-44,46H,10-11,21-23H2,1-9H3/t24?,25?,26-,27?,31?,32?,33?,34?,35?,36?,37-,38+,41+,42?,43?,44-/m0/s1.